The SMILES string of the molecule is CC(c1c[nH]c2c([N+](=O)[O-])cccc12)N1CCCC1=O. The first-order chi connectivity index (χ1) is 9.59. The maximum Gasteiger partial charge on any atom is 0.293 e. The summed E-state index contributed by atoms with van der Waals surface area (Å²) in [5, 5.41) is 11.8. The van der Waals surface area contributed by atoms with E-state index in [-0.39, 0.29) is 17.6 Å². The Hall–Kier alpha value is -2.37. The quantitative estimate of drug-likeness (QED) is 0.689. The summed E-state index contributed by atoms with van der Waals surface area (Å²) in [6.07, 6.45) is 3.24. The maximum absolute atomic E-state index is 11.8. The summed E-state index contributed by atoms with van der Waals surface area (Å²) >= 11 is 0. The van der Waals surface area contributed by atoms with Crippen LogP contribution in [0.2, 0.25) is 0 Å². The van der Waals surface area contributed by atoms with Crippen LogP contribution in [0.4, 0.5) is 5.69 Å². The van der Waals surface area contributed by atoms with Crippen LogP contribution in [0.15, 0.2) is 24.4 Å². The third-order valence-electron chi connectivity index (χ3n) is 3.95. The molecule has 1 N–H and O–H groups in total. The zero-order chi connectivity index (χ0) is 14.3. The topological polar surface area (TPSA) is 79.2 Å². The number of nitro groups is 1. The molecule has 3 rings (SSSR count). The standard InChI is InChI=1S/C14H15N3O3/c1-9(16-7-3-6-13(16)18)11-8-15-14-10(11)4-2-5-12(14)17(19)20/h2,4-5,8-9,15H,3,6-7H2,1H3. The molecule has 1 aromatic heterocycles. The van der Waals surface area contributed by atoms with Crippen molar-refractivity contribution in [1.29, 1.82) is 0 Å². The Bertz CT molecular complexity index is 692. The fourth-order valence-corrected chi connectivity index (χ4v) is 2.90. The van der Waals surface area contributed by atoms with Gasteiger partial charge in [-0.15, -0.1) is 0 Å². The zero-order valence-electron chi connectivity index (χ0n) is 11.1. The van der Waals surface area contributed by atoms with E-state index in [2.05, 4.69) is 4.98 Å². The van der Waals surface area contributed by atoms with Crippen LogP contribution in [0, 0.1) is 10.1 Å². The van der Waals surface area contributed by atoms with Gasteiger partial charge in [0.15, 0.2) is 0 Å². The summed E-state index contributed by atoms with van der Waals surface area (Å²) < 4.78 is 0. The number of fused-ring (bicyclic) bond motifs is 1. The number of aromatic nitrogens is 1. The molecule has 20 heavy (non-hydrogen) atoms. The van der Waals surface area contributed by atoms with E-state index < -0.39 is 4.92 Å². The Kier molecular flexibility index (Phi) is 2.93. The molecular weight excluding hydrogens is 258 g/mol. The van der Waals surface area contributed by atoms with Gasteiger partial charge in [0.2, 0.25) is 5.91 Å². The molecule has 0 bridgehead atoms. The van der Waals surface area contributed by atoms with E-state index in [9.17, 15) is 14.9 Å². The highest BCUT2D eigenvalue weighted by atomic mass is 16.6. The van der Waals surface area contributed by atoms with Crippen molar-refractivity contribution in [3.63, 3.8) is 0 Å². The van der Waals surface area contributed by atoms with Crippen molar-refractivity contribution in [2.45, 2.75) is 25.8 Å². The Morgan fingerprint density at radius 2 is 2.25 bits per heavy atom. The molecule has 1 aliphatic heterocycles. The average molecular weight is 273 g/mol. The van der Waals surface area contributed by atoms with Gasteiger partial charge >= 0.3 is 0 Å². The monoisotopic (exact) mass is 273 g/mol. The molecule has 6 nitrogen and oxygen atoms in total. The molecule has 1 unspecified atom stereocenters. The number of likely N-dealkylation sites (tertiary alicyclic amines) is 1. The number of hydrogen-bond donors (Lipinski definition) is 1. The highest BCUT2D eigenvalue weighted by Crippen LogP contribution is 2.34. The summed E-state index contributed by atoms with van der Waals surface area (Å²) in [6.45, 7) is 2.71. The number of nitro benzene ring substituents is 1. The van der Waals surface area contributed by atoms with Gasteiger partial charge < -0.3 is 9.88 Å². The third-order valence-corrected chi connectivity index (χ3v) is 3.95. The zero-order valence-corrected chi connectivity index (χ0v) is 11.1. The molecule has 2 heterocycles. The van der Waals surface area contributed by atoms with E-state index >= 15 is 0 Å². The summed E-state index contributed by atoms with van der Waals surface area (Å²) in [6, 6.07) is 4.94. The molecule has 6 heteroatoms. The Balaban J connectivity index is 2.06. The third kappa shape index (κ3) is 1.84. The first kappa shape index (κ1) is 12.7. The molecule has 0 radical (unpaired) electrons. The largest absolute Gasteiger partial charge is 0.355 e. The molecule has 1 atom stereocenters. The lowest BCUT2D eigenvalue weighted by atomic mass is 10.1. The highest BCUT2D eigenvalue weighted by Gasteiger charge is 2.28. The number of benzene rings is 1. The van der Waals surface area contributed by atoms with Crippen LogP contribution in [0.5, 0.6) is 0 Å². The molecule has 2 aromatic rings. The van der Waals surface area contributed by atoms with Gasteiger partial charge in [0, 0.05) is 30.6 Å². The highest BCUT2D eigenvalue weighted by molar-refractivity contribution is 5.91. The summed E-state index contributed by atoms with van der Waals surface area (Å²) in [5.74, 6) is 0.150. The van der Waals surface area contributed by atoms with Gasteiger partial charge in [0.1, 0.15) is 5.52 Å². The van der Waals surface area contributed by atoms with Crippen molar-refractivity contribution in [2.75, 3.05) is 6.54 Å². The minimum atomic E-state index is -0.395. The predicted octanol–water partition coefficient (Wildman–Crippen LogP) is 2.76. The van der Waals surface area contributed by atoms with Gasteiger partial charge in [0.05, 0.1) is 11.0 Å². The van der Waals surface area contributed by atoms with Crippen molar-refractivity contribution in [2.24, 2.45) is 0 Å². The number of aromatic amines is 1. The van der Waals surface area contributed by atoms with Crippen LogP contribution in [0.3, 0.4) is 0 Å². The second kappa shape index (κ2) is 4.63. The molecule has 0 spiro atoms. The number of non-ortho nitro benzene ring substituents is 1. The molecule has 0 saturated carbocycles. The lowest BCUT2D eigenvalue weighted by Gasteiger charge is -2.23. The molecule has 1 aromatic carbocycles. The Morgan fingerprint density at radius 3 is 2.90 bits per heavy atom. The summed E-state index contributed by atoms with van der Waals surface area (Å²) in [7, 11) is 0. The number of nitrogens with zero attached hydrogens (tertiary/aromatic N) is 2. The summed E-state index contributed by atoms with van der Waals surface area (Å²) in [5.41, 5.74) is 1.51. The molecule has 1 fully saturated rings. The number of amides is 1. The smallest absolute Gasteiger partial charge is 0.293 e. The number of hydrogen-bond acceptors (Lipinski definition) is 3. The van der Waals surface area contributed by atoms with Gasteiger partial charge in [-0.1, -0.05) is 12.1 Å². The van der Waals surface area contributed by atoms with Crippen molar-refractivity contribution >= 4 is 22.5 Å². The predicted molar refractivity (Wildman–Crippen MR) is 74.3 cm³/mol. The maximum atomic E-state index is 11.8. The van der Waals surface area contributed by atoms with Crippen molar-refractivity contribution in [3.8, 4) is 0 Å². The minimum Gasteiger partial charge on any atom is -0.355 e. The van der Waals surface area contributed by atoms with E-state index in [0.717, 1.165) is 23.9 Å². The van der Waals surface area contributed by atoms with Crippen LogP contribution in [-0.2, 0) is 4.79 Å². The number of nitrogens with one attached hydrogen (secondary N) is 1. The first-order valence-corrected chi connectivity index (χ1v) is 6.63. The molecule has 1 amide bonds. The minimum absolute atomic E-state index is 0.0636. The average Bonchev–Trinajstić information content (AvgIpc) is 3.03. The Labute approximate surface area is 115 Å². The number of H-pyrrole nitrogens is 1. The lowest BCUT2D eigenvalue weighted by molar-refractivity contribution is -0.383. The normalized spacial score (nSPS) is 16.9. The van der Waals surface area contributed by atoms with E-state index in [1.54, 1.807) is 12.3 Å². The number of rotatable bonds is 3. The van der Waals surface area contributed by atoms with E-state index in [1.807, 2.05) is 17.9 Å². The van der Waals surface area contributed by atoms with Crippen molar-refractivity contribution < 1.29 is 9.72 Å². The van der Waals surface area contributed by atoms with Gasteiger partial charge in [-0.3, -0.25) is 14.9 Å². The van der Waals surface area contributed by atoms with Gasteiger partial charge in [-0.05, 0) is 18.9 Å². The first-order valence-electron chi connectivity index (χ1n) is 6.63. The van der Waals surface area contributed by atoms with E-state index in [4.69, 9.17) is 0 Å². The van der Waals surface area contributed by atoms with Crippen LogP contribution >= 0.6 is 0 Å². The fourth-order valence-electron chi connectivity index (χ4n) is 2.90. The van der Waals surface area contributed by atoms with E-state index in [0.29, 0.717) is 11.9 Å². The van der Waals surface area contributed by atoms with Crippen LogP contribution < -0.4 is 0 Å². The summed E-state index contributed by atoms with van der Waals surface area (Å²) in [4.78, 5) is 27.3. The van der Waals surface area contributed by atoms with Gasteiger partial charge in [0.25, 0.3) is 5.69 Å². The van der Waals surface area contributed by atoms with Crippen molar-refractivity contribution in [3.05, 3.63) is 40.1 Å². The van der Waals surface area contributed by atoms with Crippen LogP contribution in [0.25, 0.3) is 10.9 Å². The van der Waals surface area contributed by atoms with E-state index in [1.165, 1.54) is 6.07 Å². The number of carbonyl (C=O) groups is 1. The second-order valence-corrected chi connectivity index (χ2v) is 5.07. The molecule has 0 aliphatic carbocycles. The molecule has 104 valence electrons. The molecule has 1 aliphatic rings. The van der Waals surface area contributed by atoms with Crippen LogP contribution in [-0.4, -0.2) is 27.3 Å². The molecular formula is C14H15N3O3. The van der Waals surface area contributed by atoms with Crippen molar-refractivity contribution in [1.82, 2.24) is 9.88 Å². The molecule has 1 saturated heterocycles. The Morgan fingerprint density at radius 1 is 1.45 bits per heavy atom. The number of para-hydroxylation sites is 1. The van der Waals surface area contributed by atoms with Gasteiger partial charge in [-0.2, -0.15) is 0 Å². The number of carbonyl (C=O) groups excluding carboxylic acids is 1. The second-order valence-electron chi connectivity index (χ2n) is 5.07. The fraction of sp³-hybridized carbons (Fsp3) is 0.357. The van der Waals surface area contributed by atoms with Crippen LogP contribution in [0.1, 0.15) is 31.4 Å². The lowest BCUT2D eigenvalue weighted by Crippen LogP contribution is -2.27. The van der Waals surface area contributed by atoms with Gasteiger partial charge in [-0.25, -0.2) is 0 Å².